The third-order valence-corrected chi connectivity index (χ3v) is 11.4. The number of carbonyl (C=O) groups is 5. The Labute approximate surface area is 319 Å². The van der Waals surface area contributed by atoms with Gasteiger partial charge in [-0.2, -0.15) is 0 Å². The maximum atomic E-state index is 14.8. The minimum absolute atomic E-state index is 0.00721. The monoisotopic (exact) mass is 772 g/mol. The fourth-order valence-electron chi connectivity index (χ4n) is 8.69. The zero-order chi connectivity index (χ0) is 40.6. The number of benzene rings is 3. The lowest BCUT2D eigenvalue weighted by Gasteiger charge is -2.53. The highest BCUT2D eigenvalue weighted by Crippen LogP contribution is 2.56. The van der Waals surface area contributed by atoms with Crippen LogP contribution in [0.1, 0.15) is 81.0 Å². The Balaban J connectivity index is 1.33. The van der Waals surface area contributed by atoms with E-state index in [9.17, 15) is 54.6 Å². The number of nitrogens with one attached hydrogen (secondary N) is 2. The van der Waals surface area contributed by atoms with Crippen LogP contribution in [-0.4, -0.2) is 117 Å². The van der Waals surface area contributed by atoms with E-state index in [1.807, 2.05) is 0 Å². The maximum Gasteiger partial charge on any atom is 0.255 e. The molecule has 294 valence electrons. The van der Waals surface area contributed by atoms with Crippen molar-refractivity contribution in [3.05, 3.63) is 104 Å². The molecule has 1 amide bonds. The van der Waals surface area contributed by atoms with E-state index in [2.05, 4.69) is 10.6 Å². The summed E-state index contributed by atoms with van der Waals surface area (Å²) in [5.74, 6) is -8.47. The van der Waals surface area contributed by atoms with Crippen LogP contribution < -0.4 is 10.6 Å². The van der Waals surface area contributed by atoms with Gasteiger partial charge >= 0.3 is 0 Å². The Kier molecular flexibility index (Phi) is 9.73. The highest BCUT2D eigenvalue weighted by molar-refractivity contribution is 6.31. The van der Waals surface area contributed by atoms with Crippen LogP contribution in [0.25, 0.3) is 0 Å². The number of aromatic hydroxyl groups is 2. The lowest BCUT2D eigenvalue weighted by Crippen LogP contribution is -2.73. The maximum absolute atomic E-state index is 14.8. The number of Topliss-reactive ketones (excluding diaryl/α,β-unsaturated/α-hetero) is 3. The first-order valence-electron chi connectivity index (χ1n) is 17.8. The van der Waals surface area contributed by atoms with E-state index in [4.69, 9.17) is 14.2 Å². The summed E-state index contributed by atoms with van der Waals surface area (Å²) in [4.78, 5) is 70.7. The molecule has 1 heterocycles. The lowest BCUT2D eigenvalue weighted by molar-refractivity contribution is -0.214. The number of ketones is 4. The normalized spacial score (nSPS) is 29.5. The SMILES string of the molecule is CO[C@H]1[C@H](C)OC(NC2=CC(=O)c3c(cc4c(c3O)C(=O)[C@]3(OC)[C@H](O)Cc5cc(C)c(C(=O)NCc6ccccc6)c(O)c5[C@]3(O)C4=O)C2=O)C(CO)[C@@H]1O. The predicted molar refractivity (Wildman–Crippen MR) is 192 cm³/mol. The Morgan fingerprint density at radius 1 is 0.982 bits per heavy atom. The molecule has 3 aliphatic carbocycles. The van der Waals surface area contributed by atoms with Gasteiger partial charge in [-0.05, 0) is 36.6 Å². The van der Waals surface area contributed by atoms with Crippen molar-refractivity contribution >= 4 is 29.0 Å². The number of hydrogen-bond acceptors (Lipinski definition) is 15. The number of phenolic OH excluding ortho intramolecular Hbond substituents is 2. The Hall–Kier alpha value is -5.33. The van der Waals surface area contributed by atoms with Crippen molar-refractivity contribution in [2.75, 3.05) is 20.8 Å². The van der Waals surface area contributed by atoms with Gasteiger partial charge in [0.15, 0.2) is 17.0 Å². The molecule has 1 saturated heterocycles. The first-order valence-corrected chi connectivity index (χ1v) is 17.8. The molecule has 0 saturated carbocycles. The van der Waals surface area contributed by atoms with E-state index < -0.39 is 135 Å². The second-order valence-corrected chi connectivity index (χ2v) is 14.4. The molecule has 3 aromatic rings. The van der Waals surface area contributed by atoms with Gasteiger partial charge in [-0.1, -0.05) is 36.4 Å². The largest absolute Gasteiger partial charge is 0.507 e. The van der Waals surface area contributed by atoms with Crippen LogP contribution in [0.4, 0.5) is 0 Å². The fourth-order valence-corrected chi connectivity index (χ4v) is 8.69. The van der Waals surface area contributed by atoms with E-state index in [-0.39, 0.29) is 23.2 Å². The zero-order valence-electron chi connectivity index (χ0n) is 30.7. The summed E-state index contributed by atoms with van der Waals surface area (Å²) >= 11 is 0. The van der Waals surface area contributed by atoms with Crippen molar-refractivity contribution in [2.45, 2.75) is 68.7 Å². The van der Waals surface area contributed by atoms with Gasteiger partial charge in [0.25, 0.3) is 5.91 Å². The molecule has 16 heteroatoms. The van der Waals surface area contributed by atoms with E-state index >= 15 is 0 Å². The average molecular weight is 773 g/mol. The Morgan fingerprint density at radius 2 is 1.68 bits per heavy atom. The molecule has 4 aliphatic rings. The standard InChI is InChI=1S/C40H40N2O14/c1-16-10-19-11-25(45)40(55-4)36(51)28-21(35(50)39(40,53)29(19)33(49)26(16)37(52)41-14-18-8-6-5-7-9-18)12-20-27(32(28)48)24(44)13-23(30(20)46)42-38-22(15-43)31(47)34(54-3)17(2)56-38/h5-10,12-13,17,22,25,31,34,38,42-43,45,47-49,53H,11,14-15H2,1-4H3,(H,41,52)/t17-,22?,25+,31-,34-,38?,39-,40+/m0/s1. The summed E-state index contributed by atoms with van der Waals surface area (Å²) in [7, 11) is 2.28. The van der Waals surface area contributed by atoms with Crippen molar-refractivity contribution < 1.29 is 68.8 Å². The molecule has 3 aromatic carbocycles. The Bertz CT molecular complexity index is 2240. The van der Waals surface area contributed by atoms with Crippen LogP contribution in [0.15, 0.2) is 54.2 Å². The minimum Gasteiger partial charge on any atom is -0.507 e. The molecule has 0 radical (unpaired) electrons. The molecule has 0 spiro atoms. The summed E-state index contributed by atoms with van der Waals surface area (Å²) in [6.45, 7) is 2.53. The van der Waals surface area contributed by atoms with Crippen LogP contribution in [0.2, 0.25) is 0 Å². The summed E-state index contributed by atoms with van der Waals surface area (Å²) < 4.78 is 16.7. The molecule has 1 aliphatic heterocycles. The van der Waals surface area contributed by atoms with Crippen molar-refractivity contribution in [3.8, 4) is 11.5 Å². The first-order chi connectivity index (χ1) is 26.6. The van der Waals surface area contributed by atoms with Gasteiger partial charge in [-0.3, -0.25) is 24.0 Å². The van der Waals surface area contributed by atoms with Gasteiger partial charge in [0.1, 0.15) is 23.8 Å². The molecule has 1 fully saturated rings. The molecule has 7 rings (SSSR count). The van der Waals surface area contributed by atoms with Crippen molar-refractivity contribution in [1.82, 2.24) is 10.6 Å². The molecule has 0 bridgehead atoms. The molecule has 8 atom stereocenters. The van der Waals surface area contributed by atoms with Gasteiger partial charge < -0.3 is 55.5 Å². The number of amides is 1. The van der Waals surface area contributed by atoms with Crippen molar-refractivity contribution in [3.63, 3.8) is 0 Å². The third kappa shape index (κ3) is 5.36. The number of ether oxygens (including phenoxy) is 3. The Morgan fingerprint density at radius 3 is 2.32 bits per heavy atom. The van der Waals surface area contributed by atoms with Crippen LogP contribution >= 0.6 is 0 Å². The van der Waals surface area contributed by atoms with Gasteiger partial charge in [0.2, 0.25) is 17.3 Å². The number of aryl methyl sites for hydroxylation is 1. The topological polar surface area (TPSA) is 258 Å². The van der Waals surface area contributed by atoms with Crippen LogP contribution in [0, 0.1) is 12.8 Å². The van der Waals surface area contributed by atoms with E-state index in [0.29, 0.717) is 0 Å². The summed E-state index contributed by atoms with van der Waals surface area (Å²) in [6, 6.07) is 11.1. The summed E-state index contributed by atoms with van der Waals surface area (Å²) in [6.07, 6.45) is -5.64. The molecular formula is C40H40N2O14. The number of fused-ring (bicyclic) bond motifs is 5. The average Bonchev–Trinajstić information content (AvgIpc) is 3.15. The number of allylic oxidation sites excluding steroid dienone is 2. The number of hydrogen-bond donors (Lipinski definition) is 8. The number of methoxy groups -OCH3 is 2. The van der Waals surface area contributed by atoms with E-state index in [1.165, 1.54) is 20.1 Å². The smallest absolute Gasteiger partial charge is 0.255 e. The van der Waals surface area contributed by atoms with Crippen molar-refractivity contribution in [2.24, 2.45) is 5.92 Å². The molecule has 0 aromatic heterocycles. The number of aliphatic hydroxyl groups excluding tert-OH is 3. The van der Waals surface area contributed by atoms with Crippen LogP contribution in [0.5, 0.6) is 11.5 Å². The first kappa shape index (κ1) is 38.9. The van der Waals surface area contributed by atoms with Crippen LogP contribution in [-0.2, 0) is 32.8 Å². The highest BCUT2D eigenvalue weighted by atomic mass is 16.6. The molecule has 8 N–H and O–H groups in total. The summed E-state index contributed by atoms with van der Waals surface area (Å²) in [5.41, 5.74) is -9.33. The second kappa shape index (κ2) is 14.0. The molecule has 2 unspecified atom stereocenters. The molecular weight excluding hydrogens is 732 g/mol. The highest BCUT2D eigenvalue weighted by Gasteiger charge is 2.72. The van der Waals surface area contributed by atoms with Gasteiger partial charge in [-0.15, -0.1) is 0 Å². The van der Waals surface area contributed by atoms with Gasteiger partial charge in [0, 0.05) is 50.0 Å². The number of aliphatic hydroxyl groups is 4. The third-order valence-electron chi connectivity index (χ3n) is 11.4. The zero-order valence-corrected chi connectivity index (χ0v) is 30.7. The van der Waals surface area contributed by atoms with Crippen molar-refractivity contribution in [1.29, 1.82) is 0 Å². The van der Waals surface area contributed by atoms with Gasteiger partial charge in [-0.25, -0.2) is 0 Å². The predicted octanol–water partition coefficient (Wildman–Crippen LogP) is 0.487. The number of carbonyl (C=O) groups excluding carboxylic acids is 5. The molecule has 16 nitrogen and oxygen atoms in total. The number of phenols is 2. The van der Waals surface area contributed by atoms with Gasteiger partial charge in [0.05, 0.1) is 53.2 Å². The minimum atomic E-state index is -3.25. The fraction of sp³-hybridized carbons (Fsp3) is 0.375. The second-order valence-electron chi connectivity index (χ2n) is 14.4. The number of rotatable bonds is 8. The van der Waals surface area contributed by atoms with E-state index in [0.717, 1.165) is 24.8 Å². The summed E-state index contributed by atoms with van der Waals surface area (Å²) in [5, 5.41) is 74.0. The van der Waals surface area contributed by atoms with E-state index in [1.54, 1.807) is 37.3 Å². The lowest BCUT2D eigenvalue weighted by atomic mass is 9.56. The van der Waals surface area contributed by atoms with Crippen LogP contribution in [0.3, 0.4) is 0 Å². The quantitative estimate of drug-likeness (QED) is 0.155. The molecule has 56 heavy (non-hydrogen) atoms.